The molecule has 0 aliphatic carbocycles. The minimum absolute atomic E-state index is 0.0600. The summed E-state index contributed by atoms with van der Waals surface area (Å²) in [7, 11) is 0. The lowest BCUT2D eigenvalue weighted by Crippen LogP contribution is -1.97. The average Bonchev–Trinajstić information content (AvgIpc) is 1.69. The van der Waals surface area contributed by atoms with Gasteiger partial charge >= 0.3 is 0 Å². The summed E-state index contributed by atoms with van der Waals surface area (Å²) < 4.78 is 4.40. The molecule has 0 saturated heterocycles. The molecule has 42 valence electrons. The minimum Gasteiger partial charge on any atom is -0.394 e. The Morgan fingerprint density at radius 2 is 2.43 bits per heavy atom. The summed E-state index contributed by atoms with van der Waals surface area (Å²) in [5.41, 5.74) is 0. The number of nitroso groups, excluding NO2 is 1. The number of aliphatic hydroxyl groups is 1. The van der Waals surface area contributed by atoms with Crippen LogP contribution in [0.1, 0.15) is 0 Å². The number of nitrogens with zero attached hydrogens (tertiary/aromatic N) is 1. The Kier molecular flexibility index (Phi) is 5.14. The first kappa shape index (κ1) is 6.52. The van der Waals surface area contributed by atoms with Gasteiger partial charge in [0.2, 0.25) is 0 Å². The van der Waals surface area contributed by atoms with Crippen molar-refractivity contribution in [3.05, 3.63) is 4.91 Å². The standard InChI is InChI=1S/C3H7NO3/c5-1-2-7-3-4-6/h5H,1-3H2. The van der Waals surface area contributed by atoms with Crippen molar-refractivity contribution >= 4 is 0 Å². The molecule has 0 aliphatic rings. The molecular weight excluding hydrogens is 98.0 g/mol. The van der Waals surface area contributed by atoms with Gasteiger partial charge in [0, 0.05) is 0 Å². The third-order valence-corrected chi connectivity index (χ3v) is 0.380. The van der Waals surface area contributed by atoms with Gasteiger partial charge in [-0.15, -0.1) is 4.91 Å². The summed E-state index contributed by atoms with van der Waals surface area (Å²) in [6.07, 6.45) is 0. The second-order valence-electron chi connectivity index (χ2n) is 0.890. The number of hydrogen-bond acceptors (Lipinski definition) is 4. The predicted octanol–water partition coefficient (Wildman–Crippen LogP) is -0.281. The lowest BCUT2D eigenvalue weighted by atomic mass is 10.8. The van der Waals surface area contributed by atoms with E-state index in [0.717, 1.165) is 0 Å². The second kappa shape index (κ2) is 5.52. The molecule has 0 fully saturated rings. The summed E-state index contributed by atoms with van der Waals surface area (Å²) >= 11 is 0. The molecule has 0 bridgehead atoms. The van der Waals surface area contributed by atoms with Crippen LogP contribution in [-0.2, 0) is 4.74 Å². The van der Waals surface area contributed by atoms with E-state index in [-0.39, 0.29) is 19.9 Å². The smallest absolute Gasteiger partial charge is 0.179 e. The molecule has 4 heteroatoms. The molecule has 0 unspecified atom stereocenters. The van der Waals surface area contributed by atoms with Crippen LogP contribution in [0.5, 0.6) is 0 Å². The topological polar surface area (TPSA) is 58.9 Å². The maximum atomic E-state index is 9.22. The van der Waals surface area contributed by atoms with E-state index in [4.69, 9.17) is 5.11 Å². The van der Waals surface area contributed by atoms with Crippen LogP contribution < -0.4 is 0 Å². The highest BCUT2D eigenvalue weighted by Gasteiger charge is 1.78. The summed E-state index contributed by atoms with van der Waals surface area (Å²) in [6, 6.07) is 0. The third-order valence-electron chi connectivity index (χ3n) is 0.380. The van der Waals surface area contributed by atoms with Crippen molar-refractivity contribution in [2.45, 2.75) is 0 Å². The summed E-state index contributed by atoms with van der Waals surface area (Å²) in [4.78, 5) is 9.22. The van der Waals surface area contributed by atoms with Crippen LogP contribution in [0.4, 0.5) is 0 Å². The van der Waals surface area contributed by atoms with Gasteiger partial charge in [0.05, 0.1) is 13.2 Å². The first-order valence-electron chi connectivity index (χ1n) is 1.89. The Morgan fingerprint density at radius 3 is 2.86 bits per heavy atom. The second-order valence-corrected chi connectivity index (χ2v) is 0.890. The predicted molar refractivity (Wildman–Crippen MR) is 23.7 cm³/mol. The fourth-order valence-corrected chi connectivity index (χ4v) is 0.166. The maximum Gasteiger partial charge on any atom is 0.179 e. The third kappa shape index (κ3) is 5.52. The van der Waals surface area contributed by atoms with Crippen LogP contribution in [0.2, 0.25) is 0 Å². The number of ether oxygens (including phenoxy) is 1. The molecule has 0 aliphatic heterocycles. The van der Waals surface area contributed by atoms with E-state index >= 15 is 0 Å². The molecule has 0 saturated carbocycles. The largest absolute Gasteiger partial charge is 0.394 e. The molecule has 0 rings (SSSR count). The maximum absolute atomic E-state index is 9.22. The van der Waals surface area contributed by atoms with Crippen molar-refractivity contribution in [3.63, 3.8) is 0 Å². The van der Waals surface area contributed by atoms with Gasteiger partial charge in [0.1, 0.15) is 0 Å². The Morgan fingerprint density at radius 1 is 1.71 bits per heavy atom. The van der Waals surface area contributed by atoms with Gasteiger partial charge in [-0.1, -0.05) is 0 Å². The SMILES string of the molecule is O=NCOCCO. The van der Waals surface area contributed by atoms with E-state index in [1.807, 2.05) is 0 Å². The normalized spacial score (nSPS) is 8.71. The van der Waals surface area contributed by atoms with Gasteiger partial charge in [-0.3, -0.25) is 0 Å². The molecular formula is C3H7NO3. The summed E-state index contributed by atoms with van der Waals surface area (Å²) in [5.74, 6) is 0. The van der Waals surface area contributed by atoms with Crippen molar-refractivity contribution < 1.29 is 9.84 Å². The first-order chi connectivity index (χ1) is 3.41. The molecule has 4 nitrogen and oxygen atoms in total. The molecule has 0 aromatic rings. The lowest BCUT2D eigenvalue weighted by Gasteiger charge is -1.89. The summed E-state index contributed by atoms with van der Waals surface area (Å²) in [5, 5.41) is 10.4. The van der Waals surface area contributed by atoms with Gasteiger partial charge < -0.3 is 9.84 Å². The highest BCUT2D eigenvalue weighted by molar-refractivity contribution is 4.23. The highest BCUT2D eigenvalue weighted by Crippen LogP contribution is 1.70. The van der Waals surface area contributed by atoms with E-state index < -0.39 is 0 Å². The molecule has 0 spiro atoms. The van der Waals surface area contributed by atoms with Crippen molar-refractivity contribution in [1.82, 2.24) is 0 Å². The number of rotatable bonds is 4. The molecule has 0 heterocycles. The quantitative estimate of drug-likeness (QED) is 0.395. The average molecular weight is 105 g/mol. The van der Waals surface area contributed by atoms with E-state index in [9.17, 15) is 4.91 Å². The van der Waals surface area contributed by atoms with E-state index in [1.165, 1.54) is 0 Å². The molecule has 1 N–H and O–H groups in total. The molecule has 0 radical (unpaired) electrons. The minimum atomic E-state index is -0.166. The number of aliphatic hydroxyl groups excluding tert-OH is 1. The van der Waals surface area contributed by atoms with Gasteiger partial charge in [-0.25, -0.2) is 0 Å². The van der Waals surface area contributed by atoms with Gasteiger partial charge in [-0.2, -0.15) is 0 Å². The fourth-order valence-electron chi connectivity index (χ4n) is 0.166. The zero-order chi connectivity index (χ0) is 5.54. The van der Waals surface area contributed by atoms with Gasteiger partial charge in [0.15, 0.2) is 6.73 Å². The van der Waals surface area contributed by atoms with Gasteiger partial charge in [-0.05, 0) is 5.18 Å². The van der Waals surface area contributed by atoms with Crippen LogP contribution in [0, 0.1) is 4.91 Å². The number of hydrogen-bond donors (Lipinski definition) is 1. The van der Waals surface area contributed by atoms with E-state index in [1.54, 1.807) is 0 Å². The lowest BCUT2D eigenvalue weighted by molar-refractivity contribution is 0.0972. The zero-order valence-corrected chi connectivity index (χ0v) is 3.83. The van der Waals surface area contributed by atoms with Crippen LogP contribution in [0.3, 0.4) is 0 Å². The Balaban J connectivity index is 2.56. The van der Waals surface area contributed by atoms with Crippen molar-refractivity contribution in [3.8, 4) is 0 Å². The Hall–Kier alpha value is -0.480. The Labute approximate surface area is 41.1 Å². The molecule has 0 atom stereocenters. The van der Waals surface area contributed by atoms with E-state index in [2.05, 4.69) is 9.91 Å². The molecule has 0 aromatic heterocycles. The van der Waals surface area contributed by atoms with Crippen molar-refractivity contribution in [2.24, 2.45) is 5.18 Å². The zero-order valence-electron chi connectivity index (χ0n) is 3.83. The molecule has 7 heavy (non-hydrogen) atoms. The Bertz CT molecular complexity index is 47.4. The highest BCUT2D eigenvalue weighted by atomic mass is 16.5. The fraction of sp³-hybridized carbons (Fsp3) is 1.00. The van der Waals surface area contributed by atoms with Crippen LogP contribution in [0.15, 0.2) is 5.18 Å². The van der Waals surface area contributed by atoms with Crippen LogP contribution in [-0.4, -0.2) is 25.1 Å². The molecule has 0 amide bonds. The summed E-state index contributed by atoms with van der Waals surface area (Å²) in [6.45, 7) is -0.0399. The van der Waals surface area contributed by atoms with Crippen LogP contribution >= 0.6 is 0 Å². The molecule has 0 aromatic carbocycles. The van der Waals surface area contributed by atoms with Crippen molar-refractivity contribution in [1.29, 1.82) is 0 Å². The monoisotopic (exact) mass is 105 g/mol. The van der Waals surface area contributed by atoms with Crippen molar-refractivity contribution in [2.75, 3.05) is 19.9 Å². The van der Waals surface area contributed by atoms with Crippen LogP contribution in [0.25, 0.3) is 0 Å². The van der Waals surface area contributed by atoms with E-state index in [0.29, 0.717) is 0 Å². The van der Waals surface area contributed by atoms with Gasteiger partial charge in [0.25, 0.3) is 0 Å². The first-order valence-corrected chi connectivity index (χ1v) is 1.89.